The van der Waals surface area contributed by atoms with Crippen LogP contribution in [0.1, 0.15) is 24.7 Å². The zero-order chi connectivity index (χ0) is 26.1. The molecule has 4 aromatic rings. The van der Waals surface area contributed by atoms with E-state index < -0.39 is 39.0 Å². The quantitative estimate of drug-likeness (QED) is 0.331. The van der Waals surface area contributed by atoms with E-state index in [1.165, 1.54) is 19.1 Å². The fourth-order valence-corrected chi connectivity index (χ4v) is 4.69. The second kappa shape index (κ2) is 9.78. The number of ketones is 1. The third-order valence-electron chi connectivity index (χ3n) is 5.36. The van der Waals surface area contributed by atoms with Gasteiger partial charge in [-0.3, -0.25) is 4.79 Å². The number of fused-ring (bicyclic) bond motifs is 1. The van der Waals surface area contributed by atoms with Gasteiger partial charge in [0.15, 0.2) is 5.78 Å². The van der Waals surface area contributed by atoms with E-state index in [1.807, 2.05) is 0 Å². The van der Waals surface area contributed by atoms with E-state index >= 15 is 0 Å². The molecule has 0 aliphatic heterocycles. The molecule has 2 aromatic heterocycles. The fourth-order valence-electron chi connectivity index (χ4n) is 3.49. The van der Waals surface area contributed by atoms with E-state index in [2.05, 4.69) is 14.7 Å². The number of hydrogen-bond acceptors (Lipinski definition) is 6. The van der Waals surface area contributed by atoms with Crippen LogP contribution in [0.25, 0.3) is 22.1 Å². The molecule has 0 saturated heterocycles. The van der Waals surface area contributed by atoms with E-state index in [9.17, 15) is 30.8 Å². The lowest BCUT2D eigenvalue weighted by Crippen LogP contribution is -2.38. The monoisotopic (exact) mass is 521 g/mol. The summed E-state index contributed by atoms with van der Waals surface area (Å²) in [6.45, 7) is 1.40. The Morgan fingerprint density at radius 1 is 1.06 bits per heavy atom. The molecule has 1 atom stereocenters. The molecular weight excluding hydrogens is 502 g/mol. The number of alkyl halides is 3. The van der Waals surface area contributed by atoms with Crippen molar-refractivity contribution in [3.63, 3.8) is 0 Å². The van der Waals surface area contributed by atoms with Crippen molar-refractivity contribution in [3.05, 3.63) is 78.1 Å². The molecule has 0 amide bonds. The van der Waals surface area contributed by atoms with E-state index in [0.717, 1.165) is 30.1 Å². The highest BCUT2D eigenvalue weighted by Crippen LogP contribution is 2.27. The molecule has 0 unspecified atom stereocenters. The van der Waals surface area contributed by atoms with Crippen molar-refractivity contribution in [3.8, 4) is 11.1 Å². The molecular formula is C24H19F4N3O4S. The van der Waals surface area contributed by atoms with Crippen LogP contribution in [0, 0.1) is 5.82 Å². The standard InChI is InChI=1S/C24H19F4N3O4S/c1-14(31-36(33,34)22-11-17-10-19(25)6-8-21(17)35-22)20(32)7-5-15-3-2-4-16(9-15)18-12-29-23(30-13-18)24(26,27)28/h2-4,6,8-14,31H,5,7H2,1H3/t14-/m0/s1. The number of Topliss-reactive ketones (excluding diaryl/α,β-unsaturated/α-hetero) is 1. The number of aromatic nitrogens is 2. The van der Waals surface area contributed by atoms with Gasteiger partial charge in [-0.2, -0.15) is 17.9 Å². The molecule has 0 saturated carbocycles. The van der Waals surface area contributed by atoms with Crippen molar-refractivity contribution in [1.29, 1.82) is 0 Å². The van der Waals surface area contributed by atoms with Crippen LogP contribution in [0.15, 0.2) is 70.4 Å². The summed E-state index contributed by atoms with van der Waals surface area (Å²) in [5.41, 5.74) is 1.86. The molecule has 0 aliphatic rings. The second-order valence-electron chi connectivity index (χ2n) is 8.05. The van der Waals surface area contributed by atoms with Gasteiger partial charge in [-0.15, -0.1) is 0 Å². The first-order valence-corrected chi connectivity index (χ1v) is 12.1. The molecule has 0 fully saturated rings. The lowest BCUT2D eigenvalue weighted by atomic mass is 10.0. The Hall–Kier alpha value is -3.64. The Morgan fingerprint density at radius 2 is 1.78 bits per heavy atom. The summed E-state index contributed by atoms with van der Waals surface area (Å²) >= 11 is 0. The van der Waals surface area contributed by atoms with Gasteiger partial charge < -0.3 is 4.42 Å². The number of furan rings is 1. The van der Waals surface area contributed by atoms with Gasteiger partial charge in [0.1, 0.15) is 11.4 Å². The molecule has 36 heavy (non-hydrogen) atoms. The Kier molecular flexibility index (Phi) is 6.92. The van der Waals surface area contributed by atoms with Gasteiger partial charge in [0, 0.05) is 35.8 Å². The zero-order valence-corrected chi connectivity index (χ0v) is 19.5. The third-order valence-corrected chi connectivity index (χ3v) is 6.76. The number of hydrogen-bond donors (Lipinski definition) is 1. The van der Waals surface area contributed by atoms with Crippen LogP contribution in [0.4, 0.5) is 17.6 Å². The molecule has 12 heteroatoms. The van der Waals surface area contributed by atoms with Crippen LogP contribution >= 0.6 is 0 Å². The first kappa shape index (κ1) is 25.5. The molecule has 7 nitrogen and oxygen atoms in total. The van der Waals surface area contributed by atoms with Gasteiger partial charge in [0.2, 0.25) is 10.9 Å². The predicted molar refractivity (Wildman–Crippen MR) is 122 cm³/mol. The van der Waals surface area contributed by atoms with Crippen LogP contribution in [0.3, 0.4) is 0 Å². The third kappa shape index (κ3) is 5.77. The first-order chi connectivity index (χ1) is 16.9. The van der Waals surface area contributed by atoms with Gasteiger partial charge in [0.25, 0.3) is 10.0 Å². The van der Waals surface area contributed by atoms with Crippen molar-refractivity contribution < 1.29 is 35.2 Å². The van der Waals surface area contributed by atoms with Gasteiger partial charge >= 0.3 is 6.18 Å². The number of carbonyl (C=O) groups excluding carboxylic acids is 1. The Bertz CT molecular complexity index is 1520. The summed E-state index contributed by atoms with van der Waals surface area (Å²) in [5.74, 6) is -2.16. The highest BCUT2D eigenvalue weighted by Gasteiger charge is 2.34. The van der Waals surface area contributed by atoms with Gasteiger partial charge in [-0.25, -0.2) is 22.8 Å². The highest BCUT2D eigenvalue weighted by molar-refractivity contribution is 7.89. The number of sulfonamides is 1. The average molecular weight is 521 g/mol. The summed E-state index contributed by atoms with van der Waals surface area (Å²) < 4.78 is 84.2. The molecule has 0 spiro atoms. The van der Waals surface area contributed by atoms with Crippen LogP contribution in [-0.2, 0) is 27.4 Å². The average Bonchev–Trinajstić information content (AvgIpc) is 3.26. The number of carbonyl (C=O) groups is 1. The van der Waals surface area contributed by atoms with E-state index in [-0.39, 0.29) is 29.6 Å². The van der Waals surface area contributed by atoms with Gasteiger partial charge in [-0.1, -0.05) is 24.3 Å². The number of aryl methyl sites for hydroxylation is 1. The number of nitrogens with zero attached hydrogens (tertiary/aromatic N) is 2. The molecule has 0 aliphatic carbocycles. The summed E-state index contributed by atoms with van der Waals surface area (Å²) in [7, 11) is -4.17. The molecule has 1 N–H and O–H groups in total. The molecule has 2 aromatic carbocycles. The van der Waals surface area contributed by atoms with E-state index in [1.54, 1.807) is 24.3 Å². The Labute approximate surface area is 203 Å². The molecule has 4 rings (SSSR count). The number of nitrogens with one attached hydrogen (secondary N) is 1. The first-order valence-electron chi connectivity index (χ1n) is 10.6. The van der Waals surface area contributed by atoms with E-state index in [4.69, 9.17) is 4.42 Å². The minimum Gasteiger partial charge on any atom is -0.443 e. The largest absolute Gasteiger partial charge is 0.451 e. The SMILES string of the molecule is C[C@H](NS(=O)(=O)c1cc2cc(F)ccc2o1)C(=O)CCc1cccc(-c2cnc(C(F)(F)F)nc2)c1. The number of rotatable bonds is 8. The second-order valence-corrected chi connectivity index (χ2v) is 9.70. The highest BCUT2D eigenvalue weighted by atomic mass is 32.2. The zero-order valence-electron chi connectivity index (χ0n) is 18.7. The number of halogens is 4. The van der Waals surface area contributed by atoms with Crippen LogP contribution in [0.5, 0.6) is 0 Å². The smallest absolute Gasteiger partial charge is 0.443 e. The lowest BCUT2D eigenvalue weighted by molar-refractivity contribution is -0.145. The summed E-state index contributed by atoms with van der Waals surface area (Å²) in [5, 5.41) is -0.165. The van der Waals surface area contributed by atoms with Gasteiger partial charge in [-0.05, 0) is 42.7 Å². The fraction of sp³-hybridized carbons (Fsp3) is 0.208. The van der Waals surface area contributed by atoms with Crippen molar-refractivity contribution in [2.24, 2.45) is 0 Å². The summed E-state index contributed by atoms with van der Waals surface area (Å²) in [4.78, 5) is 19.3. The van der Waals surface area contributed by atoms with Crippen molar-refractivity contribution in [2.75, 3.05) is 0 Å². The van der Waals surface area contributed by atoms with Crippen molar-refractivity contribution >= 4 is 26.8 Å². The molecule has 2 heterocycles. The van der Waals surface area contributed by atoms with Gasteiger partial charge in [0.05, 0.1) is 6.04 Å². The Balaban J connectivity index is 1.39. The predicted octanol–water partition coefficient (Wildman–Crippen LogP) is 4.92. The maximum absolute atomic E-state index is 13.4. The van der Waals surface area contributed by atoms with E-state index in [0.29, 0.717) is 11.1 Å². The minimum atomic E-state index is -4.64. The summed E-state index contributed by atoms with van der Waals surface area (Å²) in [6.07, 6.45) is -2.22. The minimum absolute atomic E-state index is 0.00198. The summed E-state index contributed by atoms with van der Waals surface area (Å²) in [6, 6.07) is 10.5. The van der Waals surface area contributed by atoms with Crippen LogP contribution in [-0.4, -0.2) is 30.2 Å². The maximum atomic E-state index is 13.4. The normalized spacial score (nSPS) is 13.1. The topological polar surface area (TPSA) is 102 Å². The van der Waals surface area contributed by atoms with Crippen molar-refractivity contribution in [1.82, 2.24) is 14.7 Å². The molecule has 0 bridgehead atoms. The number of benzene rings is 2. The van der Waals surface area contributed by atoms with Crippen LogP contribution < -0.4 is 4.72 Å². The van der Waals surface area contributed by atoms with Crippen molar-refractivity contribution in [2.45, 2.75) is 37.1 Å². The molecule has 0 radical (unpaired) electrons. The maximum Gasteiger partial charge on any atom is 0.451 e. The Morgan fingerprint density at radius 3 is 2.47 bits per heavy atom. The molecule has 188 valence electrons. The lowest BCUT2D eigenvalue weighted by Gasteiger charge is -2.12. The van der Waals surface area contributed by atoms with Crippen LogP contribution in [0.2, 0.25) is 0 Å².